The zero-order valence-electron chi connectivity index (χ0n) is 17.2. The van der Waals surface area contributed by atoms with E-state index in [1.807, 2.05) is 61.2 Å². The van der Waals surface area contributed by atoms with Crippen molar-refractivity contribution in [3.05, 3.63) is 70.8 Å². The van der Waals surface area contributed by atoms with Gasteiger partial charge in [-0.05, 0) is 49.7 Å². The zero-order valence-corrected chi connectivity index (χ0v) is 17.9. The molecular weight excluding hydrogens is 412 g/mol. The van der Waals surface area contributed by atoms with E-state index < -0.39 is 0 Å². The van der Waals surface area contributed by atoms with Crippen molar-refractivity contribution < 1.29 is 4.79 Å². The number of hydrogen-bond acceptors (Lipinski definition) is 5. The van der Waals surface area contributed by atoms with Crippen molar-refractivity contribution in [3.8, 4) is 0 Å². The minimum Gasteiger partial charge on any atom is -0.360 e. The number of benzene rings is 2. The normalized spacial score (nSPS) is 14.5. The van der Waals surface area contributed by atoms with Crippen LogP contribution in [0.2, 0.25) is 5.02 Å². The van der Waals surface area contributed by atoms with E-state index in [9.17, 15) is 4.79 Å². The summed E-state index contributed by atoms with van der Waals surface area (Å²) in [5.41, 5.74) is 4.04. The smallest absolute Gasteiger partial charge is 0.254 e. The number of imidazole rings is 1. The first-order chi connectivity index (χ1) is 15.0. The van der Waals surface area contributed by atoms with Gasteiger partial charge in [0.2, 0.25) is 0 Å². The topological polar surface area (TPSA) is 86.8 Å². The van der Waals surface area contributed by atoms with Gasteiger partial charge in [0.15, 0.2) is 0 Å². The van der Waals surface area contributed by atoms with Crippen molar-refractivity contribution in [2.24, 2.45) is 0 Å². The molecule has 0 saturated carbocycles. The van der Waals surface area contributed by atoms with Crippen LogP contribution in [0, 0.1) is 6.92 Å². The molecule has 0 radical (unpaired) electrons. The molecule has 0 saturated heterocycles. The second kappa shape index (κ2) is 7.67. The van der Waals surface area contributed by atoms with Crippen LogP contribution in [0.15, 0.2) is 48.8 Å². The number of amides is 1. The molecule has 1 aliphatic rings. The summed E-state index contributed by atoms with van der Waals surface area (Å²) in [6, 6.07) is 9.29. The maximum absolute atomic E-state index is 12.9. The van der Waals surface area contributed by atoms with E-state index in [-0.39, 0.29) is 11.9 Å². The highest BCUT2D eigenvalue weighted by molar-refractivity contribution is 6.31. The lowest BCUT2D eigenvalue weighted by Crippen LogP contribution is -2.28. The summed E-state index contributed by atoms with van der Waals surface area (Å²) in [6.07, 6.45) is 5.52. The van der Waals surface area contributed by atoms with Gasteiger partial charge in [0.05, 0.1) is 22.6 Å². The molecule has 1 aliphatic heterocycles. The van der Waals surface area contributed by atoms with E-state index in [1.54, 1.807) is 0 Å². The number of aromatic nitrogens is 4. The predicted octanol–water partition coefficient (Wildman–Crippen LogP) is 4.65. The van der Waals surface area contributed by atoms with Gasteiger partial charge in [0, 0.05) is 29.1 Å². The van der Waals surface area contributed by atoms with Crippen LogP contribution in [0.3, 0.4) is 0 Å². The Morgan fingerprint density at radius 2 is 1.97 bits per heavy atom. The Hall–Kier alpha value is -3.45. The minimum absolute atomic E-state index is 0.0202. The second-order valence-corrected chi connectivity index (χ2v) is 8.17. The number of aromatic amines is 1. The molecule has 0 bridgehead atoms. The van der Waals surface area contributed by atoms with E-state index in [1.165, 1.54) is 6.33 Å². The lowest BCUT2D eigenvalue weighted by atomic mass is 10.0. The molecule has 0 unspecified atom stereocenters. The molecule has 0 fully saturated rings. The van der Waals surface area contributed by atoms with Crippen molar-refractivity contribution in [1.29, 1.82) is 0 Å². The van der Waals surface area contributed by atoms with Gasteiger partial charge in [0.25, 0.3) is 5.91 Å². The van der Waals surface area contributed by atoms with Gasteiger partial charge in [0.1, 0.15) is 18.0 Å². The molecular formula is C23H21ClN6O. The lowest BCUT2D eigenvalue weighted by molar-refractivity contribution is 0.0799. The standard InChI is InChI=1S/C23H21ClN6O/c1-13-9-17-19(11-16(13)23(31)30-7-3-4-8-30)25-12-26-22(17)27-14(2)21-28-18-6-5-15(24)10-20(18)29-21/h3-6,9-12,14H,7-8H2,1-2H3,(H,28,29)(H,25,26,27)/t14-/m0/s1. The number of carbonyl (C=O) groups is 1. The van der Waals surface area contributed by atoms with Gasteiger partial charge in [-0.15, -0.1) is 0 Å². The van der Waals surface area contributed by atoms with E-state index in [4.69, 9.17) is 11.6 Å². The Bertz CT molecular complexity index is 1340. The van der Waals surface area contributed by atoms with E-state index in [0.29, 0.717) is 29.5 Å². The summed E-state index contributed by atoms with van der Waals surface area (Å²) in [5.74, 6) is 1.50. The van der Waals surface area contributed by atoms with Crippen LogP contribution in [0.1, 0.15) is 34.7 Å². The van der Waals surface area contributed by atoms with Gasteiger partial charge in [-0.1, -0.05) is 23.8 Å². The third-order valence-corrected chi connectivity index (χ3v) is 5.78. The molecule has 156 valence electrons. The molecule has 1 amide bonds. The molecule has 3 heterocycles. The third kappa shape index (κ3) is 3.61. The molecule has 7 nitrogen and oxygen atoms in total. The Morgan fingerprint density at radius 1 is 1.16 bits per heavy atom. The average molecular weight is 433 g/mol. The van der Waals surface area contributed by atoms with Crippen LogP contribution in [0.5, 0.6) is 0 Å². The van der Waals surface area contributed by atoms with Crippen molar-refractivity contribution in [1.82, 2.24) is 24.8 Å². The number of rotatable bonds is 4. The van der Waals surface area contributed by atoms with Crippen LogP contribution in [-0.2, 0) is 0 Å². The van der Waals surface area contributed by atoms with Crippen LogP contribution in [-0.4, -0.2) is 43.8 Å². The van der Waals surface area contributed by atoms with Crippen LogP contribution < -0.4 is 5.32 Å². The number of anilines is 1. The quantitative estimate of drug-likeness (QED) is 0.458. The number of aryl methyl sites for hydroxylation is 1. The number of carbonyl (C=O) groups excluding carboxylic acids is 1. The Morgan fingerprint density at radius 3 is 2.77 bits per heavy atom. The first kappa shape index (κ1) is 19.5. The maximum atomic E-state index is 12.9. The van der Waals surface area contributed by atoms with Gasteiger partial charge < -0.3 is 15.2 Å². The number of nitrogens with one attached hydrogen (secondary N) is 2. The van der Waals surface area contributed by atoms with Crippen LogP contribution in [0.25, 0.3) is 21.9 Å². The van der Waals surface area contributed by atoms with Gasteiger partial charge in [-0.3, -0.25) is 4.79 Å². The van der Waals surface area contributed by atoms with Gasteiger partial charge >= 0.3 is 0 Å². The Kier molecular flexibility index (Phi) is 4.82. The molecule has 2 aromatic heterocycles. The summed E-state index contributed by atoms with van der Waals surface area (Å²) in [5, 5.41) is 4.94. The highest BCUT2D eigenvalue weighted by atomic mass is 35.5. The van der Waals surface area contributed by atoms with E-state index in [0.717, 1.165) is 33.3 Å². The van der Waals surface area contributed by atoms with Gasteiger partial charge in [-0.2, -0.15) is 0 Å². The third-order valence-electron chi connectivity index (χ3n) is 5.54. The number of halogens is 1. The fourth-order valence-corrected chi connectivity index (χ4v) is 4.01. The number of nitrogens with zero attached hydrogens (tertiary/aromatic N) is 4. The van der Waals surface area contributed by atoms with Crippen molar-refractivity contribution in [2.45, 2.75) is 19.9 Å². The highest BCUT2D eigenvalue weighted by Gasteiger charge is 2.20. The fraction of sp³-hybridized carbons (Fsp3) is 0.217. The monoisotopic (exact) mass is 432 g/mol. The van der Waals surface area contributed by atoms with E-state index in [2.05, 4.69) is 25.3 Å². The molecule has 0 spiro atoms. The molecule has 2 N–H and O–H groups in total. The molecule has 8 heteroatoms. The van der Waals surface area contributed by atoms with Crippen molar-refractivity contribution >= 4 is 45.3 Å². The van der Waals surface area contributed by atoms with Crippen LogP contribution in [0.4, 0.5) is 5.82 Å². The first-order valence-corrected chi connectivity index (χ1v) is 10.5. The first-order valence-electron chi connectivity index (χ1n) is 10.1. The Balaban J connectivity index is 1.46. The van der Waals surface area contributed by atoms with Crippen LogP contribution >= 0.6 is 11.6 Å². The lowest BCUT2D eigenvalue weighted by Gasteiger charge is -2.18. The van der Waals surface area contributed by atoms with Gasteiger partial charge in [-0.25, -0.2) is 15.0 Å². The summed E-state index contributed by atoms with van der Waals surface area (Å²) in [6.45, 7) is 5.25. The van der Waals surface area contributed by atoms with Crippen molar-refractivity contribution in [2.75, 3.05) is 18.4 Å². The molecule has 31 heavy (non-hydrogen) atoms. The zero-order chi connectivity index (χ0) is 21.5. The number of hydrogen-bond donors (Lipinski definition) is 2. The highest BCUT2D eigenvalue weighted by Crippen LogP contribution is 2.28. The average Bonchev–Trinajstić information content (AvgIpc) is 3.43. The molecule has 5 rings (SSSR count). The van der Waals surface area contributed by atoms with Crippen molar-refractivity contribution in [3.63, 3.8) is 0 Å². The largest absolute Gasteiger partial charge is 0.360 e. The summed E-state index contributed by atoms with van der Waals surface area (Å²) >= 11 is 6.08. The van der Waals surface area contributed by atoms with E-state index >= 15 is 0 Å². The summed E-state index contributed by atoms with van der Waals surface area (Å²) in [7, 11) is 0. The fourth-order valence-electron chi connectivity index (χ4n) is 3.85. The number of H-pyrrole nitrogens is 1. The molecule has 1 atom stereocenters. The summed E-state index contributed by atoms with van der Waals surface area (Å²) in [4.78, 5) is 31.5. The molecule has 4 aromatic rings. The molecule has 2 aromatic carbocycles. The minimum atomic E-state index is -0.124. The maximum Gasteiger partial charge on any atom is 0.254 e. The summed E-state index contributed by atoms with van der Waals surface area (Å²) < 4.78 is 0. The molecule has 0 aliphatic carbocycles. The number of fused-ring (bicyclic) bond motifs is 2. The Labute approximate surface area is 184 Å². The second-order valence-electron chi connectivity index (χ2n) is 7.74. The predicted molar refractivity (Wildman–Crippen MR) is 122 cm³/mol. The SMILES string of the molecule is Cc1cc2c(N[C@@H](C)c3nc4cc(Cl)ccc4[nH]3)ncnc2cc1C(=O)N1CC=CC1.